The summed E-state index contributed by atoms with van der Waals surface area (Å²) in [5.41, 5.74) is 0.405. The molecule has 0 saturated carbocycles. The highest BCUT2D eigenvalue weighted by Crippen LogP contribution is 2.30. The SMILES string of the molecule is C/C(O)=c1/c(=O)cc2oc(C=O)cc3cccc1c3-2. The number of rotatable bonds is 1. The smallest absolute Gasteiger partial charge is 0.193 e. The van der Waals surface area contributed by atoms with E-state index in [0.29, 0.717) is 17.4 Å². The van der Waals surface area contributed by atoms with E-state index < -0.39 is 0 Å². The highest BCUT2D eigenvalue weighted by atomic mass is 16.3. The van der Waals surface area contributed by atoms with Crippen molar-refractivity contribution in [1.82, 2.24) is 0 Å². The van der Waals surface area contributed by atoms with Gasteiger partial charge in [-0.25, -0.2) is 0 Å². The van der Waals surface area contributed by atoms with Crippen LogP contribution in [0, 0.1) is 0 Å². The molecular formula is C15H10O4. The van der Waals surface area contributed by atoms with Gasteiger partial charge in [-0.1, -0.05) is 18.2 Å². The summed E-state index contributed by atoms with van der Waals surface area (Å²) in [6.07, 6.45) is 0.601. The monoisotopic (exact) mass is 254 g/mol. The molecule has 0 fully saturated rings. The van der Waals surface area contributed by atoms with E-state index in [4.69, 9.17) is 4.42 Å². The Bertz CT molecular complexity index is 869. The van der Waals surface area contributed by atoms with E-state index in [1.54, 1.807) is 18.2 Å². The largest absolute Gasteiger partial charge is 0.512 e. The van der Waals surface area contributed by atoms with Crippen LogP contribution < -0.4 is 10.6 Å². The predicted molar refractivity (Wildman–Crippen MR) is 71.4 cm³/mol. The molecule has 0 bridgehead atoms. The summed E-state index contributed by atoms with van der Waals surface area (Å²) in [7, 11) is 0. The van der Waals surface area contributed by atoms with Crippen LogP contribution in [0.2, 0.25) is 0 Å². The molecule has 0 saturated heterocycles. The Balaban J connectivity index is 2.69. The highest BCUT2D eigenvalue weighted by molar-refractivity contribution is 5.97. The van der Waals surface area contributed by atoms with Crippen molar-refractivity contribution < 1.29 is 14.3 Å². The summed E-state index contributed by atoms with van der Waals surface area (Å²) in [5.74, 6) is 0.487. The topological polar surface area (TPSA) is 67.5 Å². The fourth-order valence-electron chi connectivity index (χ4n) is 2.39. The number of aliphatic hydroxyl groups excluding tert-OH is 1. The summed E-state index contributed by atoms with van der Waals surface area (Å²) in [6, 6.07) is 8.28. The Morgan fingerprint density at radius 2 is 2.11 bits per heavy atom. The Kier molecular flexibility index (Phi) is 2.38. The molecule has 0 unspecified atom stereocenters. The fourth-order valence-corrected chi connectivity index (χ4v) is 2.39. The third-order valence-corrected chi connectivity index (χ3v) is 3.12. The van der Waals surface area contributed by atoms with Crippen LogP contribution in [-0.4, -0.2) is 11.4 Å². The Hall–Kier alpha value is -2.62. The summed E-state index contributed by atoms with van der Waals surface area (Å²) in [4.78, 5) is 22.8. The quantitative estimate of drug-likeness (QED) is 0.675. The molecule has 0 amide bonds. The summed E-state index contributed by atoms with van der Waals surface area (Å²) in [6.45, 7) is 1.47. The van der Waals surface area contributed by atoms with Gasteiger partial charge in [0.25, 0.3) is 0 Å². The van der Waals surface area contributed by atoms with Crippen LogP contribution in [0.15, 0.2) is 39.5 Å². The third-order valence-electron chi connectivity index (χ3n) is 3.12. The van der Waals surface area contributed by atoms with Gasteiger partial charge in [-0.15, -0.1) is 0 Å². The van der Waals surface area contributed by atoms with Crippen molar-refractivity contribution in [3.63, 3.8) is 0 Å². The Labute approximate surface area is 107 Å². The molecular weight excluding hydrogens is 244 g/mol. The second kappa shape index (κ2) is 3.95. The van der Waals surface area contributed by atoms with Crippen molar-refractivity contribution in [2.75, 3.05) is 0 Å². The number of carbonyl (C=O) groups excluding carboxylic acids is 1. The maximum absolute atomic E-state index is 12.0. The van der Waals surface area contributed by atoms with E-state index in [2.05, 4.69) is 0 Å². The molecule has 3 rings (SSSR count). The van der Waals surface area contributed by atoms with E-state index in [1.165, 1.54) is 13.0 Å². The molecule has 1 aromatic rings. The van der Waals surface area contributed by atoms with Crippen LogP contribution in [0.25, 0.3) is 27.9 Å². The van der Waals surface area contributed by atoms with Gasteiger partial charge >= 0.3 is 0 Å². The van der Waals surface area contributed by atoms with Crippen molar-refractivity contribution in [1.29, 1.82) is 0 Å². The van der Waals surface area contributed by atoms with Crippen LogP contribution >= 0.6 is 0 Å². The lowest BCUT2D eigenvalue weighted by atomic mass is 9.97. The number of aldehydes is 1. The molecule has 4 heteroatoms. The average Bonchev–Trinajstić information content (AvgIpc) is 2.37. The molecule has 1 aliphatic carbocycles. The van der Waals surface area contributed by atoms with Crippen molar-refractivity contribution in [3.8, 4) is 11.3 Å². The lowest BCUT2D eigenvalue weighted by molar-refractivity contribution is 0.109. The van der Waals surface area contributed by atoms with Crippen LogP contribution in [0.3, 0.4) is 0 Å². The second-order valence-electron chi connectivity index (χ2n) is 4.37. The minimum atomic E-state index is -0.327. The van der Waals surface area contributed by atoms with Crippen molar-refractivity contribution in [2.24, 2.45) is 0 Å². The van der Waals surface area contributed by atoms with Gasteiger partial charge in [-0.2, -0.15) is 0 Å². The maximum atomic E-state index is 12.0. The zero-order valence-electron chi connectivity index (χ0n) is 10.1. The van der Waals surface area contributed by atoms with Gasteiger partial charge in [0.1, 0.15) is 11.5 Å². The van der Waals surface area contributed by atoms with Crippen molar-refractivity contribution in [2.45, 2.75) is 6.92 Å². The molecule has 0 radical (unpaired) electrons. The van der Waals surface area contributed by atoms with Crippen LogP contribution in [0.1, 0.15) is 17.5 Å². The fraction of sp³-hybridized carbons (Fsp3) is 0.0667. The molecule has 19 heavy (non-hydrogen) atoms. The molecule has 4 nitrogen and oxygen atoms in total. The van der Waals surface area contributed by atoms with Crippen molar-refractivity contribution >= 4 is 22.8 Å². The van der Waals surface area contributed by atoms with Gasteiger partial charge in [0.15, 0.2) is 17.5 Å². The van der Waals surface area contributed by atoms with E-state index in [9.17, 15) is 14.7 Å². The average molecular weight is 254 g/mol. The number of hydrogen-bond donors (Lipinski definition) is 1. The lowest BCUT2D eigenvalue weighted by Crippen LogP contribution is -2.27. The van der Waals surface area contributed by atoms with Gasteiger partial charge in [-0.05, 0) is 18.4 Å². The zero-order valence-corrected chi connectivity index (χ0v) is 10.1. The first-order valence-corrected chi connectivity index (χ1v) is 5.76. The molecule has 1 N–H and O–H groups in total. The van der Waals surface area contributed by atoms with Gasteiger partial charge in [0, 0.05) is 17.0 Å². The van der Waals surface area contributed by atoms with Crippen LogP contribution in [-0.2, 0) is 0 Å². The first-order chi connectivity index (χ1) is 9.11. The highest BCUT2D eigenvalue weighted by Gasteiger charge is 2.16. The number of benzene rings is 2. The second-order valence-corrected chi connectivity index (χ2v) is 4.37. The minimum Gasteiger partial charge on any atom is -0.512 e. The molecule has 94 valence electrons. The number of hydrogen-bond acceptors (Lipinski definition) is 4. The molecule has 1 aromatic carbocycles. The Morgan fingerprint density at radius 3 is 2.79 bits per heavy atom. The maximum Gasteiger partial charge on any atom is 0.193 e. The first-order valence-electron chi connectivity index (χ1n) is 5.76. The van der Waals surface area contributed by atoms with Gasteiger partial charge < -0.3 is 9.52 Å². The minimum absolute atomic E-state index is 0.0288. The summed E-state index contributed by atoms with van der Waals surface area (Å²) in [5, 5.41) is 11.4. The van der Waals surface area contributed by atoms with E-state index in [-0.39, 0.29) is 22.2 Å². The van der Waals surface area contributed by atoms with Crippen molar-refractivity contribution in [3.05, 3.63) is 51.5 Å². The lowest BCUT2D eigenvalue weighted by Gasteiger charge is -2.11. The van der Waals surface area contributed by atoms with E-state index in [1.807, 2.05) is 6.07 Å². The van der Waals surface area contributed by atoms with Gasteiger partial charge in [0.05, 0.1) is 5.22 Å². The zero-order chi connectivity index (χ0) is 13.6. The Morgan fingerprint density at radius 1 is 1.32 bits per heavy atom. The normalized spacial score (nSPS) is 12.9. The molecule has 0 atom stereocenters. The predicted octanol–water partition coefficient (Wildman–Crippen LogP) is 2.12. The molecule has 0 aromatic heterocycles. The summed E-state index contributed by atoms with van der Waals surface area (Å²) < 4.78 is 5.37. The molecule has 0 spiro atoms. The standard InChI is InChI=1S/C15H10O4/c1-8(17)14-11-4-2-3-9-5-10(7-16)19-13(15(9)11)6-12(14)18/h2-7,17H,1H3/b14-8-. The molecule has 1 heterocycles. The number of aliphatic hydroxyl groups is 1. The number of carbonyl (C=O) groups is 1. The van der Waals surface area contributed by atoms with Gasteiger partial charge in [0.2, 0.25) is 0 Å². The molecule has 2 aliphatic rings. The van der Waals surface area contributed by atoms with Crippen LogP contribution in [0.5, 0.6) is 0 Å². The first kappa shape index (κ1) is 11.5. The van der Waals surface area contributed by atoms with Gasteiger partial charge in [-0.3, -0.25) is 9.59 Å². The third kappa shape index (κ3) is 1.61. The van der Waals surface area contributed by atoms with E-state index in [0.717, 1.165) is 10.9 Å². The van der Waals surface area contributed by atoms with Crippen LogP contribution in [0.4, 0.5) is 0 Å². The molecule has 1 aliphatic heterocycles. The summed E-state index contributed by atoms with van der Waals surface area (Å²) >= 11 is 0. The van der Waals surface area contributed by atoms with E-state index >= 15 is 0 Å².